The Morgan fingerprint density at radius 2 is 2.28 bits per heavy atom. The summed E-state index contributed by atoms with van der Waals surface area (Å²) in [5.74, 6) is 0.120. The highest BCUT2D eigenvalue weighted by Gasteiger charge is 2.27. The summed E-state index contributed by atoms with van der Waals surface area (Å²) in [6.45, 7) is 0.680. The second-order valence-corrected chi connectivity index (χ2v) is 5.87. The summed E-state index contributed by atoms with van der Waals surface area (Å²) in [6, 6.07) is 5.69. The topological polar surface area (TPSA) is 84.8 Å². The van der Waals surface area contributed by atoms with Crippen molar-refractivity contribution in [3.8, 4) is 11.6 Å². The van der Waals surface area contributed by atoms with Crippen LogP contribution in [-0.2, 0) is 6.61 Å². The number of hydrogen-bond donors (Lipinski definition) is 1. The smallest absolute Gasteiger partial charge is 0.407 e. The number of nitrogens with zero attached hydrogens (tertiary/aromatic N) is 3. The molecule has 0 aliphatic carbocycles. The monoisotopic (exact) mass is 367 g/mol. The Balaban J connectivity index is 1.59. The molecule has 7 nitrogen and oxygen atoms in total. The van der Waals surface area contributed by atoms with E-state index in [-0.39, 0.29) is 23.5 Å². The van der Waals surface area contributed by atoms with Crippen molar-refractivity contribution in [2.24, 2.45) is 0 Å². The Kier molecular flexibility index (Phi) is 5.18. The van der Waals surface area contributed by atoms with Crippen molar-refractivity contribution < 1.29 is 23.8 Å². The number of ether oxygens (including phenoxy) is 2. The minimum Gasteiger partial charge on any atom is -0.483 e. The minimum atomic E-state index is -0.965. The van der Waals surface area contributed by atoms with Gasteiger partial charge >= 0.3 is 6.09 Å². The van der Waals surface area contributed by atoms with Crippen molar-refractivity contribution in [1.82, 2.24) is 14.9 Å². The van der Waals surface area contributed by atoms with Crippen LogP contribution in [0, 0.1) is 5.82 Å². The Morgan fingerprint density at radius 3 is 3.00 bits per heavy atom. The molecule has 1 aromatic carbocycles. The van der Waals surface area contributed by atoms with E-state index in [1.165, 1.54) is 23.2 Å². The maximum Gasteiger partial charge on any atom is 0.407 e. The lowest BCUT2D eigenvalue weighted by atomic mass is 10.3. The van der Waals surface area contributed by atoms with Gasteiger partial charge in [-0.05, 0) is 18.2 Å². The van der Waals surface area contributed by atoms with Crippen LogP contribution in [0.25, 0.3) is 0 Å². The van der Waals surface area contributed by atoms with Gasteiger partial charge in [0.2, 0.25) is 5.88 Å². The fourth-order valence-corrected chi connectivity index (χ4v) is 2.58. The van der Waals surface area contributed by atoms with Gasteiger partial charge in [0, 0.05) is 30.3 Å². The highest BCUT2D eigenvalue weighted by molar-refractivity contribution is 6.30. The molecule has 1 atom stereocenters. The normalized spacial score (nSPS) is 16.7. The maximum absolute atomic E-state index is 13.7. The second-order valence-electron chi connectivity index (χ2n) is 5.43. The number of benzene rings is 1. The molecule has 0 bridgehead atoms. The molecule has 1 aromatic heterocycles. The van der Waals surface area contributed by atoms with E-state index < -0.39 is 11.9 Å². The van der Waals surface area contributed by atoms with Crippen LogP contribution in [0.3, 0.4) is 0 Å². The Bertz CT molecular complexity index is 777. The molecule has 1 amide bonds. The van der Waals surface area contributed by atoms with Gasteiger partial charge in [-0.15, -0.1) is 0 Å². The quantitative estimate of drug-likeness (QED) is 0.874. The first-order valence-corrected chi connectivity index (χ1v) is 7.93. The van der Waals surface area contributed by atoms with Crippen molar-refractivity contribution in [2.75, 3.05) is 13.1 Å². The third-order valence-electron chi connectivity index (χ3n) is 3.63. The number of amides is 1. The van der Waals surface area contributed by atoms with E-state index in [2.05, 4.69) is 9.97 Å². The maximum atomic E-state index is 13.7. The number of halogens is 2. The highest BCUT2D eigenvalue weighted by atomic mass is 35.5. The Labute approximate surface area is 148 Å². The van der Waals surface area contributed by atoms with E-state index in [9.17, 15) is 9.18 Å². The molecule has 1 unspecified atom stereocenters. The number of carbonyl (C=O) groups is 1. The van der Waals surface area contributed by atoms with E-state index in [1.54, 1.807) is 6.07 Å². The summed E-state index contributed by atoms with van der Waals surface area (Å²) < 4.78 is 24.7. The van der Waals surface area contributed by atoms with Gasteiger partial charge in [0.15, 0.2) is 17.4 Å². The van der Waals surface area contributed by atoms with Crippen LogP contribution in [0.2, 0.25) is 5.02 Å². The lowest BCUT2D eigenvalue weighted by Gasteiger charge is -2.14. The zero-order valence-electron chi connectivity index (χ0n) is 13.1. The first-order chi connectivity index (χ1) is 12.0. The van der Waals surface area contributed by atoms with Gasteiger partial charge in [-0.2, -0.15) is 4.98 Å². The molecular weight excluding hydrogens is 353 g/mol. The number of aromatic nitrogens is 2. The average molecular weight is 368 g/mol. The van der Waals surface area contributed by atoms with Crippen molar-refractivity contribution in [3.05, 3.63) is 47.1 Å². The lowest BCUT2D eigenvalue weighted by Crippen LogP contribution is -2.29. The van der Waals surface area contributed by atoms with E-state index in [0.717, 1.165) is 6.07 Å². The Morgan fingerprint density at radius 1 is 1.44 bits per heavy atom. The van der Waals surface area contributed by atoms with Crippen molar-refractivity contribution >= 4 is 17.7 Å². The summed E-state index contributed by atoms with van der Waals surface area (Å²) in [7, 11) is 0. The van der Waals surface area contributed by atoms with Crippen molar-refractivity contribution in [2.45, 2.75) is 19.1 Å². The zero-order valence-corrected chi connectivity index (χ0v) is 13.8. The molecule has 1 aliphatic rings. The van der Waals surface area contributed by atoms with E-state index in [4.69, 9.17) is 26.2 Å². The number of rotatable bonds is 5. The van der Waals surface area contributed by atoms with Crippen LogP contribution in [0.1, 0.15) is 12.2 Å². The molecule has 132 valence electrons. The first kappa shape index (κ1) is 17.2. The molecule has 3 rings (SSSR count). The highest BCUT2D eigenvalue weighted by Crippen LogP contribution is 2.22. The molecule has 2 heterocycles. The van der Waals surface area contributed by atoms with Gasteiger partial charge in [-0.3, -0.25) is 0 Å². The molecule has 1 saturated heterocycles. The van der Waals surface area contributed by atoms with Crippen LogP contribution in [0.4, 0.5) is 9.18 Å². The summed E-state index contributed by atoms with van der Waals surface area (Å²) in [5, 5.41) is 9.23. The van der Waals surface area contributed by atoms with E-state index in [0.29, 0.717) is 31.2 Å². The summed E-state index contributed by atoms with van der Waals surface area (Å²) in [4.78, 5) is 20.4. The molecule has 2 aromatic rings. The van der Waals surface area contributed by atoms with E-state index >= 15 is 0 Å². The summed E-state index contributed by atoms with van der Waals surface area (Å²) >= 11 is 5.69. The molecule has 1 aliphatic heterocycles. The van der Waals surface area contributed by atoms with Gasteiger partial charge < -0.3 is 19.5 Å². The predicted octanol–water partition coefficient (Wildman–Crippen LogP) is 2.98. The molecule has 9 heteroatoms. The van der Waals surface area contributed by atoms with Gasteiger partial charge in [0.25, 0.3) is 0 Å². The standard InChI is InChI=1S/C16H15ClFN3O4/c17-10-1-2-13(12(18)7-10)24-9-14-19-5-3-15(20-14)25-11-4-6-21(8-11)16(22)23/h1-3,5,7,11H,4,6,8-9H2,(H,22,23). The third kappa shape index (κ3) is 4.48. The molecule has 0 radical (unpaired) electrons. The van der Waals surface area contributed by atoms with Crippen LogP contribution < -0.4 is 9.47 Å². The summed E-state index contributed by atoms with van der Waals surface area (Å²) in [6.07, 6.45) is 0.878. The van der Waals surface area contributed by atoms with Gasteiger partial charge in [-0.25, -0.2) is 14.2 Å². The van der Waals surface area contributed by atoms with Gasteiger partial charge in [-0.1, -0.05) is 11.6 Å². The molecule has 1 N–H and O–H groups in total. The van der Waals surface area contributed by atoms with E-state index in [1.807, 2.05) is 0 Å². The SMILES string of the molecule is O=C(O)N1CCC(Oc2ccnc(COc3ccc(Cl)cc3F)n2)C1. The van der Waals surface area contributed by atoms with Crippen molar-refractivity contribution in [1.29, 1.82) is 0 Å². The van der Waals surface area contributed by atoms with Crippen LogP contribution >= 0.6 is 11.6 Å². The second kappa shape index (κ2) is 7.52. The summed E-state index contributed by atoms with van der Waals surface area (Å²) in [5.41, 5.74) is 0. The molecule has 25 heavy (non-hydrogen) atoms. The average Bonchev–Trinajstić information content (AvgIpc) is 3.03. The largest absolute Gasteiger partial charge is 0.483 e. The molecular formula is C16H15ClFN3O4. The zero-order chi connectivity index (χ0) is 17.8. The van der Waals surface area contributed by atoms with Crippen LogP contribution in [0.15, 0.2) is 30.5 Å². The number of likely N-dealkylation sites (tertiary alicyclic amines) is 1. The third-order valence-corrected chi connectivity index (χ3v) is 3.87. The van der Waals surface area contributed by atoms with Crippen molar-refractivity contribution in [3.63, 3.8) is 0 Å². The van der Waals surface area contributed by atoms with Gasteiger partial charge in [0.1, 0.15) is 12.7 Å². The molecule has 0 saturated carbocycles. The fourth-order valence-electron chi connectivity index (χ4n) is 2.42. The predicted molar refractivity (Wildman–Crippen MR) is 86.4 cm³/mol. The lowest BCUT2D eigenvalue weighted by molar-refractivity contribution is 0.144. The minimum absolute atomic E-state index is 0.0400. The van der Waals surface area contributed by atoms with Crippen LogP contribution in [-0.4, -0.2) is 45.3 Å². The molecule has 0 spiro atoms. The Hall–Kier alpha value is -2.61. The fraction of sp³-hybridized carbons (Fsp3) is 0.312. The number of hydrogen-bond acceptors (Lipinski definition) is 5. The number of carboxylic acid groups (broad SMARTS) is 1. The molecule has 1 fully saturated rings. The van der Waals surface area contributed by atoms with Crippen LogP contribution in [0.5, 0.6) is 11.6 Å². The first-order valence-electron chi connectivity index (χ1n) is 7.55. The van der Waals surface area contributed by atoms with Gasteiger partial charge in [0.05, 0.1) is 6.54 Å².